The Bertz CT molecular complexity index is 554. The summed E-state index contributed by atoms with van der Waals surface area (Å²) >= 11 is 6.12. The Labute approximate surface area is 108 Å². The van der Waals surface area contributed by atoms with Crippen LogP contribution in [-0.4, -0.2) is 0 Å². The summed E-state index contributed by atoms with van der Waals surface area (Å²) in [6.07, 6.45) is 0.308. The van der Waals surface area contributed by atoms with Gasteiger partial charge in [0, 0.05) is 0 Å². The molecule has 0 aromatic heterocycles. The second-order valence-corrected chi connectivity index (χ2v) is 4.50. The van der Waals surface area contributed by atoms with Crippen LogP contribution in [0.25, 0.3) is 0 Å². The summed E-state index contributed by atoms with van der Waals surface area (Å²) < 4.78 is 38.8. The predicted octanol–water partition coefficient (Wildman–Crippen LogP) is 4.63. The number of alkyl halides is 1. The summed E-state index contributed by atoms with van der Waals surface area (Å²) in [6.45, 7) is 0. The number of benzene rings is 2. The zero-order chi connectivity index (χ0) is 13.1. The Kier molecular flexibility index (Phi) is 3.92. The molecule has 0 radical (unpaired) electrons. The summed E-state index contributed by atoms with van der Waals surface area (Å²) in [5.41, 5.74) is 1.18. The first-order valence-corrected chi connectivity index (χ1v) is 5.83. The fourth-order valence-corrected chi connectivity index (χ4v) is 2.01. The van der Waals surface area contributed by atoms with E-state index in [1.807, 2.05) is 0 Å². The van der Waals surface area contributed by atoms with Crippen molar-refractivity contribution in [3.05, 3.63) is 71.0 Å². The van der Waals surface area contributed by atoms with Crippen molar-refractivity contribution >= 4 is 11.6 Å². The van der Waals surface area contributed by atoms with Gasteiger partial charge in [-0.15, -0.1) is 11.6 Å². The topological polar surface area (TPSA) is 0 Å². The molecule has 2 aromatic carbocycles. The van der Waals surface area contributed by atoms with Crippen LogP contribution < -0.4 is 0 Å². The van der Waals surface area contributed by atoms with E-state index in [0.29, 0.717) is 17.5 Å². The van der Waals surface area contributed by atoms with Crippen LogP contribution in [0.5, 0.6) is 0 Å². The van der Waals surface area contributed by atoms with Crippen molar-refractivity contribution < 1.29 is 13.2 Å². The molecule has 0 amide bonds. The highest BCUT2D eigenvalue weighted by Gasteiger charge is 2.11. The molecule has 0 saturated heterocycles. The van der Waals surface area contributed by atoms with Crippen LogP contribution in [0.2, 0.25) is 0 Å². The molecule has 94 valence electrons. The van der Waals surface area contributed by atoms with E-state index < -0.39 is 17.0 Å². The van der Waals surface area contributed by atoms with Gasteiger partial charge in [-0.1, -0.05) is 18.2 Å². The third-order valence-corrected chi connectivity index (χ3v) is 3.02. The van der Waals surface area contributed by atoms with Crippen LogP contribution in [0.1, 0.15) is 16.5 Å². The molecule has 0 spiro atoms. The second-order valence-electron chi connectivity index (χ2n) is 3.98. The highest BCUT2D eigenvalue weighted by molar-refractivity contribution is 6.20. The van der Waals surface area contributed by atoms with Gasteiger partial charge >= 0.3 is 0 Å². The molecule has 2 rings (SSSR count). The highest BCUT2D eigenvalue weighted by Crippen LogP contribution is 2.26. The van der Waals surface area contributed by atoms with Crippen LogP contribution in [0.3, 0.4) is 0 Å². The van der Waals surface area contributed by atoms with Gasteiger partial charge in [-0.2, -0.15) is 0 Å². The molecule has 4 heteroatoms. The van der Waals surface area contributed by atoms with E-state index in [4.69, 9.17) is 11.6 Å². The molecule has 18 heavy (non-hydrogen) atoms. The first-order valence-electron chi connectivity index (χ1n) is 5.40. The molecule has 1 atom stereocenters. The Hall–Kier alpha value is -1.48. The SMILES string of the molecule is Fc1cccc(C(Cl)Cc2ccc(F)c(F)c2)c1. The summed E-state index contributed by atoms with van der Waals surface area (Å²) in [5, 5.41) is -0.481. The lowest BCUT2D eigenvalue weighted by Crippen LogP contribution is -1.98. The fourth-order valence-electron chi connectivity index (χ4n) is 1.69. The van der Waals surface area contributed by atoms with Gasteiger partial charge in [0.1, 0.15) is 5.82 Å². The van der Waals surface area contributed by atoms with Crippen LogP contribution >= 0.6 is 11.6 Å². The van der Waals surface area contributed by atoms with Crippen molar-refractivity contribution in [2.24, 2.45) is 0 Å². The zero-order valence-electron chi connectivity index (χ0n) is 9.34. The van der Waals surface area contributed by atoms with Crippen molar-refractivity contribution in [3.63, 3.8) is 0 Å². The monoisotopic (exact) mass is 270 g/mol. The molecule has 0 aliphatic rings. The van der Waals surface area contributed by atoms with Gasteiger partial charge in [-0.05, 0) is 41.8 Å². The Morgan fingerprint density at radius 1 is 0.944 bits per heavy atom. The van der Waals surface area contributed by atoms with Crippen molar-refractivity contribution in [2.45, 2.75) is 11.8 Å². The molecule has 0 N–H and O–H groups in total. The average Bonchev–Trinajstić information content (AvgIpc) is 2.34. The summed E-state index contributed by atoms with van der Waals surface area (Å²) in [6, 6.07) is 9.53. The largest absolute Gasteiger partial charge is 0.207 e. The first kappa shape index (κ1) is 13.0. The third kappa shape index (κ3) is 3.05. The maximum absolute atomic E-state index is 13.0. The van der Waals surface area contributed by atoms with E-state index in [1.165, 1.54) is 18.2 Å². The summed E-state index contributed by atoms with van der Waals surface area (Å²) in [4.78, 5) is 0. The number of rotatable bonds is 3. The van der Waals surface area contributed by atoms with E-state index in [2.05, 4.69) is 0 Å². The number of hydrogen-bond donors (Lipinski definition) is 0. The maximum Gasteiger partial charge on any atom is 0.159 e. The predicted molar refractivity (Wildman–Crippen MR) is 65.1 cm³/mol. The van der Waals surface area contributed by atoms with E-state index >= 15 is 0 Å². The molecular formula is C14H10ClF3. The summed E-state index contributed by atoms with van der Waals surface area (Å²) in [7, 11) is 0. The summed E-state index contributed by atoms with van der Waals surface area (Å²) in [5.74, 6) is -2.17. The van der Waals surface area contributed by atoms with Crippen molar-refractivity contribution in [3.8, 4) is 0 Å². The maximum atomic E-state index is 13.0. The lowest BCUT2D eigenvalue weighted by molar-refractivity contribution is 0.507. The van der Waals surface area contributed by atoms with Crippen LogP contribution in [0.15, 0.2) is 42.5 Å². The molecule has 0 heterocycles. The second kappa shape index (κ2) is 5.44. The lowest BCUT2D eigenvalue weighted by Gasteiger charge is -2.10. The quantitative estimate of drug-likeness (QED) is 0.714. The van der Waals surface area contributed by atoms with Crippen LogP contribution in [0.4, 0.5) is 13.2 Å². The van der Waals surface area contributed by atoms with Gasteiger partial charge < -0.3 is 0 Å². The van der Waals surface area contributed by atoms with Gasteiger partial charge in [0.15, 0.2) is 11.6 Å². The van der Waals surface area contributed by atoms with Crippen molar-refractivity contribution in [2.75, 3.05) is 0 Å². The third-order valence-electron chi connectivity index (χ3n) is 2.61. The van der Waals surface area contributed by atoms with Crippen LogP contribution in [0, 0.1) is 17.5 Å². The molecule has 0 saturated carbocycles. The lowest BCUT2D eigenvalue weighted by atomic mass is 10.0. The van der Waals surface area contributed by atoms with Gasteiger partial charge in [0.25, 0.3) is 0 Å². The molecule has 0 nitrogen and oxygen atoms in total. The van der Waals surface area contributed by atoms with E-state index in [-0.39, 0.29) is 5.82 Å². The van der Waals surface area contributed by atoms with Crippen molar-refractivity contribution in [1.82, 2.24) is 0 Å². The molecule has 2 aromatic rings. The van der Waals surface area contributed by atoms with E-state index in [0.717, 1.165) is 12.1 Å². The number of hydrogen-bond acceptors (Lipinski definition) is 0. The van der Waals surface area contributed by atoms with E-state index in [9.17, 15) is 13.2 Å². The van der Waals surface area contributed by atoms with Gasteiger partial charge in [0.2, 0.25) is 0 Å². The molecular weight excluding hydrogens is 261 g/mol. The molecule has 0 aliphatic heterocycles. The average molecular weight is 271 g/mol. The van der Waals surface area contributed by atoms with Crippen LogP contribution in [-0.2, 0) is 6.42 Å². The Morgan fingerprint density at radius 2 is 1.72 bits per heavy atom. The molecule has 1 unspecified atom stereocenters. The van der Waals surface area contributed by atoms with Crippen molar-refractivity contribution in [1.29, 1.82) is 0 Å². The Morgan fingerprint density at radius 3 is 2.39 bits per heavy atom. The first-order chi connectivity index (χ1) is 8.56. The molecule has 0 bridgehead atoms. The minimum Gasteiger partial charge on any atom is -0.207 e. The molecule has 0 fully saturated rings. The van der Waals surface area contributed by atoms with Gasteiger partial charge in [-0.25, -0.2) is 13.2 Å². The highest BCUT2D eigenvalue weighted by atomic mass is 35.5. The fraction of sp³-hybridized carbons (Fsp3) is 0.143. The smallest absolute Gasteiger partial charge is 0.159 e. The standard InChI is InChI=1S/C14H10ClF3/c15-12(10-2-1-3-11(16)8-10)6-9-4-5-13(17)14(18)7-9/h1-5,7-8,12H,6H2. The van der Waals surface area contributed by atoms with Gasteiger partial charge in [-0.3, -0.25) is 0 Å². The van der Waals surface area contributed by atoms with Gasteiger partial charge in [0.05, 0.1) is 5.38 Å². The Balaban J connectivity index is 2.16. The van der Waals surface area contributed by atoms with E-state index in [1.54, 1.807) is 12.1 Å². The minimum absolute atomic E-state index is 0.308. The normalized spacial score (nSPS) is 12.4. The number of halogens is 4. The minimum atomic E-state index is -0.907. The zero-order valence-corrected chi connectivity index (χ0v) is 10.1. The molecule has 0 aliphatic carbocycles.